The first kappa shape index (κ1) is 14.6. The van der Waals surface area contributed by atoms with Crippen molar-refractivity contribution >= 4 is 6.08 Å². The van der Waals surface area contributed by atoms with E-state index in [4.69, 9.17) is 9.52 Å². The molecule has 0 bridgehead atoms. The predicted molar refractivity (Wildman–Crippen MR) is 81.2 cm³/mol. The number of nitrogens with one attached hydrogen (secondary N) is 1. The second-order valence-corrected chi connectivity index (χ2v) is 4.66. The van der Waals surface area contributed by atoms with Gasteiger partial charge in [0, 0.05) is 19.2 Å². The average molecular weight is 271 g/mol. The molecule has 0 saturated heterocycles. The number of aliphatic hydroxyl groups excluding tert-OH is 1. The van der Waals surface area contributed by atoms with Crippen LogP contribution in [-0.2, 0) is 0 Å². The van der Waals surface area contributed by atoms with Crippen LogP contribution in [0.1, 0.15) is 30.2 Å². The van der Waals surface area contributed by atoms with Crippen LogP contribution >= 0.6 is 0 Å². The lowest BCUT2D eigenvalue weighted by Gasteiger charge is -2.17. The molecule has 0 aliphatic rings. The van der Waals surface area contributed by atoms with Crippen LogP contribution in [0.15, 0.2) is 59.2 Å². The summed E-state index contributed by atoms with van der Waals surface area (Å²) in [6.07, 6.45) is 7.40. The Morgan fingerprint density at radius 1 is 1.15 bits per heavy atom. The van der Waals surface area contributed by atoms with Gasteiger partial charge in [-0.05, 0) is 36.6 Å². The molecule has 106 valence electrons. The van der Waals surface area contributed by atoms with Gasteiger partial charge in [-0.3, -0.25) is 0 Å². The van der Waals surface area contributed by atoms with E-state index >= 15 is 0 Å². The molecular weight excluding hydrogens is 250 g/mol. The fourth-order valence-electron chi connectivity index (χ4n) is 2.14. The van der Waals surface area contributed by atoms with Crippen LogP contribution in [0, 0.1) is 0 Å². The second kappa shape index (κ2) is 8.35. The molecule has 3 nitrogen and oxygen atoms in total. The molecule has 20 heavy (non-hydrogen) atoms. The highest BCUT2D eigenvalue weighted by atomic mass is 16.3. The van der Waals surface area contributed by atoms with Crippen molar-refractivity contribution in [3.63, 3.8) is 0 Å². The van der Waals surface area contributed by atoms with Crippen LogP contribution in [0.25, 0.3) is 6.08 Å². The minimum atomic E-state index is 0.229. The Morgan fingerprint density at radius 3 is 2.70 bits per heavy atom. The summed E-state index contributed by atoms with van der Waals surface area (Å²) in [6, 6.07) is 14.4. The summed E-state index contributed by atoms with van der Waals surface area (Å²) in [5, 5.41) is 12.5. The van der Waals surface area contributed by atoms with Crippen LogP contribution in [0.5, 0.6) is 0 Å². The lowest BCUT2D eigenvalue weighted by Crippen LogP contribution is -2.21. The monoisotopic (exact) mass is 271 g/mol. The van der Waals surface area contributed by atoms with Crippen molar-refractivity contribution in [2.75, 3.05) is 13.2 Å². The van der Waals surface area contributed by atoms with Crippen molar-refractivity contribution in [3.8, 4) is 0 Å². The minimum Gasteiger partial charge on any atom is -0.465 e. The minimum absolute atomic E-state index is 0.229. The molecule has 0 radical (unpaired) electrons. The van der Waals surface area contributed by atoms with Crippen molar-refractivity contribution < 1.29 is 9.52 Å². The average Bonchev–Trinajstić information content (AvgIpc) is 3.01. The Labute approximate surface area is 119 Å². The molecule has 1 heterocycles. The standard InChI is InChI=1S/C17H21NO2/c19-13-5-11-17(15-7-2-1-3-8-15)18-12-4-9-16-10-6-14-20-16/h1-4,6-10,14,17-19H,5,11-13H2/b9-4+. The van der Waals surface area contributed by atoms with E-state index in [1.165, 1.54) is 5.56 Å². The van der Waals surface area contributed by atoms with E-state index in [1.807, 2.05) is 42.5 Å². The topological polar surface area (TPSA) is 45.4 Å². The van der Waals surface area contributed by atoms with Crippen LogP contribution in [-0.4, -0.2) is 18.3 Å². The van der Waals surface area contributed by atoms with Gasteiger partial charge >= 0.3 is 0 Å². The first-order chi connectivity index (χ1) is 9.90. The number of hydrogen-bond donors (Lipinski definition) is 2. The normalized spacial score (nSPS) is 12.8. The zero-order valence-electron chi connectivity index (χ0n) is 11.5. The van der Waals surface area contributed by atoms with E-state index in [2.05, 4.69) is 17.4 Å². The van der Waals surface area contributed by atoms with E-state index in [1.54, 1.807) is 6.26 Å². The molecule has 2 rings (SSSR count). The summed E-state index contributed by atoms with van der Waals surface area (Å²) in [5.41, 5.74) is 1.26. The third kappa shape index (κ3) is 4.68. The molecule has 1 atom stereocenters. The number of aliphatic hydroxyl groups is 1. The zero-order chi connectivity index (χ0) is 14.0. The number of hydrogen-bond acceptors (Lipinski definition) is 3. The summed E-state index contributed by atoms with van der Waals surface area (Å²) in [6.45, 7) is 0.999. The molecule has 0 saturated carbocycles. The molecular formula is C17H21NO2. The predicted octanol–water partition coefficient (Wildman–Crippen LogP) is 3.40. The first-order valence-electron chi connectivity index (χ1n) is 6.99. The molecule has 2 N–H and O–H groups in total. The van der Waals surface area contributed by atoms with Gasteiger partial charge in [0.2, 0.25) is 0 Å². The summed E-state index contributed by atoms with van der Waals surface area (Å²) in [7, 11) is 0. The van der Waals surface area contributed by atoms with Gasteiger partial charge in [0.15, 0.2) is 0 Å². The van der Waals surface area contributed by atoms with Crippen molar-refractivity contribution in [2.45, 2.75) is 18.9 Å². The molecule has 1 aromatic carbocycles. The molecule has 0 aliphatic carbocycles. The largest absolute Gasteiger partial charge is 0.465 e. The summed E-state index contributed by atoms with van der Waals surface area (Å²) in [4.78, 5) is 0. The molecule has 2 aromatic rings. The molecule has 3 heteroatoms. The third-order valence-corrected chi connectivity index (χ3v) is 3.16. The molecule has 0 fully saturated rings. The van der Waals surface area contributed by atoms with Crippen LogP contribution in [0.4, 0.5) is 0 Å². The molecule has 1 unspecified atom stereocenters. The van der Waals surface area contributed by atoms with Gasteiger partial charge < -0.3 is 14.8 Å². The Morgan fingerprint density at radius 2 is 2.00 bits per heavy atom. The highest BCUT2D eigenvalue weighted by Gasteiger charge is 2.08. The SMILES string of the molecule is OCCCC(NC/C=C/c1ccco1)c1ccccc1. The van der Waals surface area contributed by atoms with Gasteiger partial charge in [0.05, 0.1) is 6.26 Å². The highest BCUT2D eigenvalue weighted by molar-refractivity contribution is 5.42. The van der Waals surface area contributed by atoms with Crippen LogP contribution in [0.2, 0.25) is 0 Å². The van der Waals surface area contributed by atoms with E-state index in [9.17, 15) is 0 Å². The summed E-state index contributed by atoms with van der Waals surface area (Å²) >= 11 is 0. The highest BCUT2D eigenvalue weighted by Crippen LogP contribution is 2.17. The van der Waals surface area contributed by atoms with Crippen molar-refractivity contribution in [2.24, 2.45) is 0 Å². The van der Waals surface area contributed by atoms with E-state index in [-0.39, 0.29) is 12.6 Å². The van der Waals surface area contributed by atoms with Gasteiger partial charge in [-0.1, -0.05) is 36.4 Å². The number of rotatable bonds is 8. The smallest absolute Gasteiger partial charge is 0.126 e. The van der Waals surface area contributed by atoms with Gasteiger partial charge in [0.25, 0.3) is 0 Å². The first-order valence-corrected chi connectivity index (χ1v) is 6.99. The van der Waals surface area contributed by atoms with Crippen molar-refractivity contribution in [1.82, 2.24) is 5.32 Å². The fraction of sp³-hybridized carbons (Fsp3) is 0.294. The van der Waals surface area contributed by atoms with Crippen LogP contribution in [0.3, 0.4) is 0 Å². The van der Waals surface area contributed by atoms with E-state index in [0.717, 1.165) is 25.1 Å². The lowest BCUT2D eigenvalue weighted by atomic mass is 10.0. The molecule has 1 aromatic heterocycles. The lowest BCUT2D eigenvalue weighted by molar-refractivity contribution is 0.276. The van der Waals surface area contributed by atoms with Crippen molar-refractivity contribution in [3.05, 3.63) is 66.1 Å². The van der Waals surface area contributed by atoms with Gasteiger partial charge in [-0.25, -0.2) is 0 Å². The summed E-state index contributed by atoms with van der Waals surface area (Å²) < 4.78 is 5.24. The second-order valence-electron chi connectivity index (χ2n) is 4.66. The number of furan rings is 1. The fourth-order valence-corrected chi connectivity index (χ4v) is 2.14. The van der Waals surface area contributed by atoms with Crippen LogP contribution < -0.4 is 5.32 Å². The van der Waals surface area contributed by atoms with Gasteiger partial charge in [0.1, 0.15) is 5.76 Å². The summed E-state index contributed by atoms with van der Waals surface area (Å²) in [5.74, 6) is 0.860. The Kier molecular flexibility index (Phi) is 6.08. The van der Waals surface area contributed by atoms with Gasteiger partial charge in [-0.15, -0.1) is 0 Å². The maximum Gasteiger partial charge on any atom is 0.126 e. The number of benzene rings is 1. The molecule has 0 amide bonds. The molecule has 0 spiro atoms. The zero-order valence-corrected chi connectivity index (χ0v) is 11.5. The Hall–Kier alpha value is -1.84. The Balaban J connectivity index is 1.87. The van der Waals surface area contributed by atoms with E-state index in [0.29, 0.717) is 0 Å². The molecule has 0 aliphatic heterocycles. The maximum absolute atomic E-state index is 9.00. The Bertz CT molecular complexity index is 491. The third-order valence-electron chi connectivity index (χ3n) is 3.16. The van der Waals surface area contributed by atoms with Crippen molar-refractivity contribution in [1.29, 1.82) is 0 Å². The van der Waals surface area contributed by atoms with E-state index < -0.39 is 0 Å². The maximum atomic E-state index is 9.00. The van der Waals surface area contributed by atoms with Gasteiger partial charge in [-0.2, -0.15) is 0 Å². The quantitative estimate of drug-likeness (QED) is 0.773.